The zero-order chi connectivity index (χ0) is 22.8. The van der Waals surface area contributed by atoms with Gasteiger partial charge < -0.3 is 19.7 Å². The van der Waals surface area contributed by atoms with Gasteiger partial charge >= 0.3 is 0 Å². The third-order valence-electron chi connectivity index (χ3n) is 6.82. The van der Waals surface area contributed by atoms with E-state index in [2.05, 4.69) is 10.2 Å². The summed E-state index contributed by atoms with van der Waals surface area (Å²) in [6.07, 6.45) is -0.0377. The number of ether oxygens (including phenoxy) is 2. The van der Waals surface area contributed by atoms with E-state index >= 15 is 0 Å². The highest BCUT2D eigenvalue weighted by molar-refractivity contribution is 6.07. The zero-order valence-electron chi connectivity index (χ0n) is 18.5. The van der Waals surface area contributed by atoms with Gasteiger partial charge in [-0.15, -0.1) is 0 Å². The minimum absolute atomic E-state index is 0.110. The summed E-state index contributed by atoms with van der Waals surface area (Å²) >= 11 is 0. The zero-order valence-corrected chi connectivity index (χ0v) is 18.5. The number of amides is 2. The minimum Gasteiger partial charge on any atom is -0.379 e. The van der Waals surface area contributed by atoms with Gasteiger partial charge in [-0.3, -0.25) is 14.5 Å². The second-order valence-electron chi connectivity index (χ2n) is 8.94. The predicted molar refractivity (Wildman–Crippen MR) is 121 cm³/mol. The van der Waals surface area contributed by atoms with Gasteiger partial charge in [-0.2, -0.15) is 0 Å². The number of benzene rings is 2. The van der Waals surface area contributed by atoms with Crippen LogP contribution in [-0.4, -0.2) is 75.4 Å². The van der Waals surface area contributed by atoms with E-state index < -0.39 is 11.5 Å². The van der Waals surface area contributed by atoms with Crippen molar-refractivity contribution in [3.8, 4) is 0 Å². The fraction of sp³-hybridized carbons (Fsp3) is 0.440. The summed E-state index contributed by atoms with van der Waals surface area (Å²) in [6.45, 7) is 5.39. The fourth-order valence-electron chi connectivity index (χ4n) is 5.03. The standard InChI is InChI=1S/C25H28FN3O4/c26-19-7-5-18(6-8-19)24(31)29-16-25(20-3-1-2-4-21(20)29)15-22(33-17-25)23(30)27-9-10-28-11-13-32-14-12-28/h1-8,22H,9-17H2,(H,27,30). The second kappa shape index (κ2) is 9.21. The summed E-state index contributed by atoms with van der Waals surface area (Å²) in [5, 5.41) is 3.00. The van der Waals surface area contributed by atoms with Gasteiger partial charge in [0, 0.05) is 49.4 Å². The van der Waals surface area contributed by atoms with E-state index in [0.717, 1.165) is 44.1 Å². The molecule has 0 radical (unpaired) electrons. The lowest BCUT2D eigenvalue weighted by Gasteiger charge is -2.26. The maximum absolute atomic E-state index is 13.3. The molecular formula is C25H28FN3O4. The van der Waals surface area contributed by atoms with Crippen LogP contribution in [0.25, 0.3) is 0 Å². The average Bonchev–Trinajstić information content (AvgIpc) is 3.42. The molecule has 0 aromatic heterocycles. The van der Waals surface area contributed by atoms with Crippen molar-refractivity contribution in [2.75, 3.05) is 57.4 Å². The van der Waals surface area contributed by atoms with Crippen molar-refractivity contribution in [3.63, 3.8) is 0 Å². The quantitative estimate of drug-likeness (QED) is 0.750. The number of rotatable bonds is 5. The Balaban J connectivity index is 1.26. The van der Waals surface area contributed by atoms with Crippen LogP contribution in [0.5, 0.6) is 0 Å². The summed E-state index contributed by atoms with van der Waals surface area (Å²) in [5.74, 6) is -0.671. The van der Waals surface area contributed by atoms with Crippen molar-refractivity contribution in [2.45, 2.75) is 17.9 Å². The lowest BCUT2D eigenvalue weighted by Crippen LogP contribution is -2.43. The van der Waals surface area contributed by atoms with Crippen LogP contribution >= 0.6 is 0 Å². The molecule has 7 nitrogen and oxygen atoms in total. The van der Waals surface area contributed by atoms with Gasteiger partial charge in [0.2, 0.25) is 5.91 Å². The molecule has 0 saturated carbocycles. The molecule has 0 aliphatic carbocycles. The van der Waals surface area contributed by atoms with E-state index in [4.69, 9.17) is 9.47 Å². The lowest BCUT2D eigenvalue weighted by atomic mass is 9.80. The van der Waals surface area contributed by atoms with E-state index in [1.807, 2.05) is 24.3 Å². The molecule has 1 N–H and O–H groups in total. The predicted octanol–water partition coefficient (Wildman–Crippen LogP) is 1.96. The van der Waals surface area contributed by atoms with Crippen LogP contribution in [0.4, 0.5) is 10.1 Å². The number of nitrogens with one attached hydrogen (secondary N) is 1. The first kappa shape index (κ1) is 22.0. The van der Waals surface area contributed by atoms with Crippen LogP contribution in [0, 0.1) is 5.82 Å². The number of hydrogen-bond donors (Lipinski definition) is 1. The smallest absolute Gasteiger partial charge is 0.258 e. The minimum atomic E-state index is -0.552. The van der Waals surface area contributed by atoms with E-state index in [-0.39, 0.29) is 17.6 Å². The molecule has 33 heavy (non-hydrogen) atoms. The number of halogens is 1. The molecule has 2 aromatic rings. The molecule has 3 heterocycles. The number of fused-ring (bicyclic) bond motifs is 2. The first-order chi connectivity index (χ1) is 16.1. The first-order valence-electron chi connectivity index (χ1n) is 11.4. The topological polar surface area (TPSA) is 71.1 Å². The second-order valence-corrected chi connectivity index (χ2v) is 8.94. The molecule has 2 aromatic carbocycles. The third kappa shape index (κ3) is 4.38. The molecule has 2 saturated heterocycles. The van der Waals surface area contributed by atoms with Crippen molar-refractivity contribution < 1.29 is 23.5 Å². The Hall–Kier alpha value is -2.81. The van der Waals surface area contributed by atoms with Crippen LogP contribution in [0.3, 0.4) is 0 Å². The molecule has 174 valence electrons. The number of anilines is 1. The number of morpholine rings is 1. The Bertz CT molecular complexity index is 1020. The molecule has 8 heteroatoms. The molecule has 3 aliphatic heterocycles. The van der Waals surface area contributed by atoms with Crippen molar-refractivity contribution in [2.24, 2.45) is 0 Å². The van der Waals surface area contributed by atoms with Crippen LogP contribution in [-0.2, 0) is 19.7 Å². The van der Waals surface area contributed by atoms with Crippen molar-refractivity contribution in [1.82, 2.24) is 10.2 Å². The Kier molecular flexibility index (Phi) is 6.14. The van der Waals surface area contributed by atoms with Crippen molar-refractivity contribution in [3.05, 3.63) is 65.5 Å². The maximum Gasteiger partial charge on any atom is 0.258 e. The van der Waals surface area contributed by atoms with Crippen LogP contribution < -0.4 is 10.2 Å². The SMILES string of the molecule is O=C(NCCN1CCOCC1)C1CC2(CO1)CN(C(=O)c1ccc(F)cc1)c1ccccc12. The Labute approximate surface area is 192 Å². The van der Waals surface area contributed by atoms with E-state index in [9.17, 15) is 14.0 Å². The highest BCUT2D eigenvalue weighted by atomic mass is 19.1. The number of hydrogen-bond acceptors (Lipinski definition) is 5. The summed E-state index contributed by atoms with van der Waals surface area (Å²) in [7, 11) is 0. The molecule has 1 spiro atoms. The van der Waals surface area contributed by atoms with Gasteiger partial charge in [0.25, 0.3) is 5.91 Å². The highest BCUT2D eigenvalue weighted by Gasteiger charge is 2.51. The highest BCUT2D eigenvalue weighted by Crippen LogP contribution is 2.47. The molecular weight excluding hydrogens is 425 g/mol. The molecule has 2 unspecified atom stereocenters. The average molecular weight is 454 g/mol. The maximum atomic E-state index is 13.3. The molecule has 2 fully saturated rings. The molecule has 3 aliphatic rings. The monoisotopic (exact) mass is 453 g/mol. The number of nitrogens with zero attached hydrogens (tertiary/aromatic N) is 2. The first-order valence-corrected chi connectivity index (χ1v) is 11.4. The lowest BCUT2D eigenvalue weighted by molar-refractivity contribution is -0.130. The van der Waals surface area contributed by atoms with Gasteiger partial charge in [0.15, 0.2) is 0 Å². The van der Waals surface area contributed by atoms with Crippen molar-refractivity contribution in [1.29, 1.82) is 0 Å². The van der Waals surface area contributed by atoms with E-state index in [1.54, 1.807) is 4.90 Å². The molecule has 0 bridgehead atoms. The summed E-state index contributed by atoms with van der Waals surface area (Å²) in [6, 6.07) is 13.4. The van der Waals surface area contributed by atoms with Gasteiger partial charge in [-0.1, -0.05) is 18.2 Å². The Morgan fingerprint density at radius 3 is 2.64 bits per heavy atom. The summed E-state index contributed by atoms with van der Waals surface area (Å²) < 4.78 is 24.7. The normalized spacial score (nSPS) is 24.8. The van der Waals surface area contributed by atoms with Crippen molar-refractivity contribution >= 4 is 17.5 Å². The van der Waals surface area contributed by atoms with Gasteiger partial charge in [0.05, 0.1) is 19.8 Å². The molecule has 2 amide bonds. The van der Waals surface area contributed by atoms with Crippen LogP contribution in [0.1, 0.15) is 22.3 Å². The summed E-state index contributed by atoms with van der Waals surface area (Å²) in [5.41, 5.74) is 1.84. The third-order valence-corrected chi connectivity index (χ3v) is 6.82. The molecule has 5 rings (SSSR count). The number of carbonyl (C=O) groups is 2. The van der Waals surface area contributed by atoms with E-state index in [0.29, 0.717) is 31.7 Å². The van der Waals surface area contributed by atoms with Crippen LogP contribution in [0.2, 0.25) is 0 Å². The number of carbonyl (C=O) groups excluding carboxylic acids is 2. The van der Waals surface area contributed by atoms with Gasteiger partial charge in [-0.25, -0.2) is 4.39 Å². The van der Waals surface area contributed by atoms with Crippen LogP contribution in [0.15, 0.2) is 48.5 Å². The Morgan fingerprint density at radius 1 is 1.09 bits per heavy atom. The van der Waals surface area contributed by atoms with E-state index in [1.165, 1.54) is 24.3 Å². The fourth-order valence-corrected chi connectivity index (χ4v) is 5.03. The van der Waals surface area contributed by atoms with Gasteiger partial charge in [0.1, 0.15) is 11.9 Å². The molecule has 2 atom stereocenters. The number of para-hydroxylation sites is 1. The van der Waals surface area contributed by atoms with Gasteiger partial charge in [-0.05, 0) is 42.3 Å². The summed E-state index contributed by atoms with van der Waals surface area (Å²) in [4.78, 5) is 30.0. The Morgan fingerprint density at radius 2 is 1.85 bits per heavy atom. The largest absolute Gasteiger partial charge is 0.379 e.